The average Bonchev–Trinajstić information content (AvgIpc) is 1.42. The summed E-state index contributed by atoms with van der Waals surface area (Å²) in [5, 5.41) is 20.7. The van der Waals surface area contributed by atoms with Gasteiger partial charge in [-0.25, -0.2) is 0 Å². The molecular weight excluding hydrogens is 1700 g/mol. The molecule has 7 fully saturated rings. The lowest BCUT2D eigenvalue weighted by molar-refractivity contribution is -0.127. The van der Waals surface area contributed by atoms with Crippen molar-refractivity contribution in [2.75, 3.05) is 57.7 Å². The number of nitrogens with one attached hydrogen (secondary N) is 6. The number of carbonyl (C=O) groups is 9. The van der Waals surface area contributed by atoms with Crippen molar-refractivity contribution in [2.45, 2.75) is 476 Å². The molecule has 9 rings (SSSR count). The third-order valence-electron chi connectivity index (χ3n) is 28.4. The highest BCUT2D eigenvalue weighted by atomic mass is 16.2. The molecule has 11 atom stereocenters. The molecule has 792 valence electrons. The van der Waals surface area contributed by atoms with Gasteiger partial charge < -0.3 is 46.6 Å². The van der Waals surface area contributed by atoms with E-state index in [1.165, 1.54) is 103 Å². The van der Waals surface area contributed by atoms with Crippen LogP contribution in [0.15, 0.2) is 48.5 Å². The lowest BCUT2D eigenvalue weighted by Crippen LogP contribution is -2.40. The SMILES string of the molecule is CC(C)C(=O)CC1CCCN(C(C)C)C1.CC(C)C(=O)CCC1CCCN(C(C)C)C1.CC(C)C(=O)CCC1CCN(C(C)C)C1.CC(C)NC1CCC(C(=O)C(C)C)C1.CC(C)NC1CCCC(C(=O)C(C)C)C1.CC(C)NCC1CCC(C(=O)C(C)C)C1.CC(C)NCC1CCCC(C(=O)C(C)C)C1.CC(C)NCc1ccccc1C(=O)C(C)C.CC(C)Nc1ccc(C(=O)C(C)C)cc1. The van der Waals surface area contributed by atoms with Gasteiger partial charge >= 0.3 is 0 Å². The Morgan fingerprint density at radius 1 is 0.307 bits per heavy atom. The van der Waals surface area contributed by atoms with Crippen LogP contribution in [0.4, 0.5) is 5.69 Å². The number of hydrogen-bond donors (Lipinski definition) is 6. The molecule has 137 heavy (non-hydrogen) atoms. The van der Waals surface area contributed by atoms with E-state index in [0.717, 1.165) is 150 Å². The molecule has 3 saturated heterocycles. The molecule has 18 heteroatoms. The van der Waals surface area contributed by atoms with Crippen molar-refractivity contribution in [1.29, 1.82) is 0 Å². The zero-order valence-electron chi connectivity index (χ0n) is 95.2. The monoisotopic (exact) mass is 1920 g/mol. The van der Waals surface area contributed by atoms with Crippen LogP contribution < -0.4 is 31.9 Å². The number of ketones is 9. The summed E-state index contributed by atoms with van der Waals surface area (Å²) >= 11 is 0. The van der Waals surface area contributed by atoms with Gasteiger partial charge in [-0.2, -0.15) is 0 Å². The Bertz CT molecular complexity index is 3630. The van der Waals surface area contributed by atoms with Crippen LogP contribution in [0.1, 0.15) is 430 Å². The number of likely N-dealkylation sites (tertiary alicyclic amines) is 3. The number of rotatable bonds is 41. The molecule has 2 aromatic carbocycles. The molecule has 7 aliphatic rings. The zero-order chi connectivity index (χ0) is 104. The second-order valence-corrected chi connectivity index (χ2v) is 47.6. The van der Waals surface area contributed by atoms with Crippen molar-refractivity contribution in [1.82, 2.24) is 41.3 Å². The number of carbonyl (C=O) groups excluding carboxylic acids is 9. The quantitative estimate of drug-likeness (QED) is 0.0340. The third kappa shape index (κ3) is 56.7. The van der Waals surface area contributed by atoms with E-state index in [4.69, 9.17) is 0 Å². The minimum absolute atomic E-state index is 0.0557. The number of piperidine rings is 2. The standard InChI is InChI=1S/2C14H27NO.C14H21NO.C13H19NO.4C13H25NO.C12H23NO/c1-11(2)14(16)8-7-13-6-5-9-15(10-13)12(3)4;1-10(2)14(16)13-7-5-6-12(8-13)9-15-11(3)4;1-10(2)14(16)13-8-6-5-7-12(13)9-15-11(3)4;1-9(2)13(15)11-5-7-12(8-6-11)14-10(3)4;1-9(2)13(15)12-6-5-11(7-12)8-14-10(3)4;1-10(2)13(15)6-5-12-7-8-14(9-12)11(3)4;1-10(2)13(15)8-12-6-5-7-14(9-12)11(3)4;1-9(2)13(15)11-6-5-7-12(8-11)14-10(3)4;1-8(2)12(14)10-5-6-11(7-10)13-9(3)4/h11-13H,5-10H2,1-4H3;10-13,15H,5-9H2,1-4H3;5-8,10-11,15H,9H2,1-4H3;5-10,14H,1-4H3;9-12,14H,5-8H2,1-4H3;2*10-12H,5-9H2,1-4H3;9-12,14H,5-8H2,1-4H3;8-11,13H,5-7H2,1-4H3. The van der Waals surface area contributed by atoms with Crippen LogP contribution in [0.25, 0.3) is 0 Å². The molecule has 18 nitrogen and oxygen atoms in total. The van der Waals surface area contributed by atoms with Gasteiger partial charge in [0, 0.05) is 206 Å². The molecule has 6 N–H and O–H groups in total. The summed E-state index contributed by atoms with van der Waals surface area (Å²) in [5.41, 5.74) is 3.80. The van der Waals surface area contributed by atoms with Gasteiger partial charge in [-0.15, -0.1) is 0 Å². The first-order valence-corrected chi connectivity index (χ1v) is 55.8. The third-order valence-corrected chi connectivity index (χ3v) is 28.4. The van der Waals surface area contributed by atoms with Crippen molar-refractivity contribution in [2.24, 2.45) is 107 Å². The van der Waals surface area contributed by atoms with E-state index >= 15 is 0 Å². The summed E-state index contributed by atoms with van der Waals surface area (Å²) in [6.07, 6.45) is 27.0. The second-order valence-electron chi connectivity index (χ2n) is 47.6. The van der Waals surface area contributed by atoms with Crippen LogP contribution in [0, 0.1) is 107 Å². The van der Waals surface area contributed by atoms with E-state index in [1.54, 1.807) is 0 Å². The molecule has 4 saturated carbocycles. The van der Waals surface area contributed by atoms with Crippen molar-refractivity contribution in [3.63, 3.8) is 0 Å². The van der Waals surface area contributed by atoms with Gasteiger partial charge in [0.2, 0.25) is 0 Å². The van der Waals surface area contributed by atoms with Crippen molar-refractivity contribution >= 4 is 57.7 Å². The highest BCUT2D eigenvalue weighted by Crippen LogP contribution is 2.36. The van der Waals surface area contributed by atoms with E-state index in [0.29, 0.717) is 142 Å². The van der Waals surface area contributed by atoms with Crippen LogP contribution in [-0.2, 0) is 40.1 Å². The van der Waals surface area contributed by atoms with Crippen LogP contribution in [0.3, 0.4) is 0 Å². The fourth-order valence-electron chi connectivity index (χ4n) is 19.7. The van der Waals surface area contributed by atoms with Crippen molar-refractivity contribution < 1.29 is 43.2 Å². The summed E-state index contributed by atoms with van der Waals surface area (Å²) in [6.45, 7) is 85.3. The first kappa shape index (κ1) is 130. The van der Waals surface area contributed by atoms with E-state index in [2.05, 4.69) is 171 Å². The summed E-state index contributed by atoms with van der Waals surface area (Å²) in [5.74, 6) is 10.1. The minimum Gasteiger partial charge on any atom is -0.383 e. The maximum Gasteiger partial charge on any atom is 0.165 e. The van der Waals surface area contributed by atoms with E-state index in [9.17, 15) is 43.2 Å². The molecule has 11 unspecified atom stereocenters. The molecule has 0 bridgehead atoms. The van der Waals surface area contributed by atoms with Gasteiger partial charge in [0.1, 0.15) is 40.5 Å². The fraction of sp³-hybridized carbons (Fsp3) is 0.824. The maximum absolute atomic E-state index is 12.0. The van der Waals surface area contributed by atoms with Crippen molar-refractivity contribution in [3.8, 4) is 0 Å². The van der Waals surface area contributed by atoms with E-state index in [-0.39, 0.29) is 64.8 Å². The summed E-state index contributed by atoms with van der Waals surface area (Å²) < 4.78 is 0. The number of benzene rings is 2. The Morgan fingerprint density at radius 3 is 1.07 bits per heavy atom. The normalized spacial score (nSPS) is 22.1. The number of nitrogens with zero attached hydrogens (tertiary/aromatic N) is 3. The van der Waals surface area contributed by atoms with E-state index < -0.39 is 0 Å². The lowest BCUT2D eigenvalue weighted by Gasteiger charge is -2.35. The molecule has 2 aromatic rings. The van der Waals surface area contributed by atoms with Gasteiger partial charge in [0.05, 0.1) is 0 Å². The Morgan fingerprint density at radius 2 is 0.672 bits per heavy atom. The first-order valence-electron chi connectivity index (χ1n) is 55.8. The average molecular weight is 1920 g/mol. The molecule has 3 aliphatic heterocycles. The summed E-state index contributed by atoms with van der Waals surface area (Å²) in [4.78, 5) is 113. The summed E-state index contributed by atoms with van der Waals surface area (Å²) in [7, 11) is 0. The topological polar surface area (TPSA) is 236 Å². The first-order chi connectivity index (χ1) is 64.0. The largest absolute Gasteiger partial charge is 0.383 e. The highest BCUT2D eigenvalue weighted by molar-refractivity contribution is 5.99. The lowest BCUT2D eigenvalue weighted by atomic mass is 9.77. The van der Waals surface area contributed by atoms with Gasteiger partial charge in [0.25, 0.3) is 0 Å². The Kier molecular flexibility index (Phi) is 67.0. The molecule has 4 aliphatic carbocycles. The van der Waals surface area contributed by atoms with Gasteiger partial charge in [-0.1, -0.05) is 231 Å². The highest BCUT2D eigenvalue weighted by Gasteiger charge is 2.35. The second kappa shape index (κ2) is 70.6. The Balaban J connectivity index is 0.000000771. The predicted octanol–water partition coefficient (Wildman–Crippen LogP) is 25.7. The fourth-order valence-corrected chi connectivity index (χ4v) is 19.7. The Labute approximate surface area is 843 Å². The van der Waals surface area contributed by atoms with Gasteiger partial charge in [0.15, 0.2) is 11.6 Å². The number of hydrogen-bond acceptors (Lipinski definition) is 18. The van der Waals surface area contributed by atoms with Crippen LogP contribution in [0.2, 0.25) is 0 Å². The predicted molar refractivity (Wildman–Crippen MR) is 584 cm³/mol. The Hall–Kier alpha value is -5.05. The van der Waals surface area contributed by atoms with Crippen LogP contribution >= 0.6 is 0 Å². The molecule has 0 radical (unpaired) electrons. The number of anilines is 1. The minimum atomic E-state index is 0.0557. The number of Topliss-reactive ketones (excluding diaryl/α,β-unsaturated/α-hetero) is 9. The van der Waals surface area contributed by atoms with Gasteiger partial charge in [-0.3, -0.25) is 43.2 Å². The van der Waals surface area contributed by atoms with Crippen molar-refractivity contribution in [3.05, 3.63) is 65.2 Å². The maximum atomic E-state index is 12.0. The summed E-state index contributed by atoms with van der Waals surface area (Å²) in [6, 6.07) is 21.6. The molecule has 0 spiro atoms. The van der Waals surface area contributed by atoms with E-state index in [1.807, 2.05) is 173 Å². The zero-order valence-corrected chi connectivity index (χ0v) is 95.2. The molecular formula is C119H217N9O9. The molecule has 3 heterocycles. The molecule has 0 amide bonds. The molecule has 0 aromatic heterocycles. The van der Waals surface area contributed by atoms with Crippen LogP contribution in [0.5, 0.6) is 0 Å². The van der Waals surface area contributed by atoms with Gasteiger partial charge in [-0.05, 0) is 270 Å². The van der Waals surface area contributed by atoms with Crippen LogP contribution in [-0.4, -0.2) is 186 Å². The smallest absolute Gasteiger partial charge is 0.165 e.